The Bertz CT molecular complexity index is 600. The summed E-state index contributed by atoms with van der Waals surface area (Å²) in [7, 11) is 3.43. The van der Waals surface area contributed by atoms with E-state index in [-0.39, 0.29) is 5.56 Å². The number of methoxy groups -OCH3 is 1. The molecule has 0 bridgehead atoms. The predicted molar refractivity (Wildman–Crippen MR) is 79.9 cm³/mol. The van der Waals surface area contributed by atoms with Crippen molar-refractivity contribution >= 4 is 17.2 Å². The smallest absolute Gasteiger partial charge is 0.335 e. The van der Waals surface area contributed by atoms with Gasteiger partial charge in [0.25, 0.3) is 0 Å². The lowest BCUT2D eigenvalue weighted by Gasteiger charge is -2.20. The molecular weight excluding hydrogens is 254 g/mol. The molecule has 1 aromatic rings. The van der Waals surface area contributed by atoms with E-state index in [9.17, 15) is 9.90 Å². The molecule has 0 heterocycles. The van der Waals surface area contributed by atoms with Crippen LogP contribution >= 0.6 is 0 Å². The summed E-state index contributed by atoms with van der Waals surface area (Å²) in [6, 6.07) is 5.29. The number of rotatable bonds is 4. The van der Waals surface area contributed by atoms with Crippen LogP contribution in [0.3, 0.4) is 0 Å². The Morgan fingerprint density at radius 2 is 2.10 bits per heavy atom. The van der Waals surface area contributed by atoms with E-state index in [0.29, 0.717) is 0 Å². The average molecular weight is 273 g/mol. The Morgan fingerprint density at radius 1 is 1.35 bits per heavy atom. The quantitative estimate of drug-likeness (QED) is 0.881. The van der Waals surface area contributed by atoms with Gasteiger partial charge in [0.2, 0.25) is 0 Å². The maximum Gasteiger partial charge on any atom is 0.335 e. The zero-order valence-electron chi connectivity index (χ0n) is 12.0. The number of allylic oxidation sites excluding steroid dienone is 3. The van der Waals surface area contributed by atoms with Gasteiger partial charge in [0.15, 0.2) is 0 Å². The van der Waals surface area contributed by atoms with Gasteiger partial charge in [0.1, 0.15) is 5.76 Å². The molecule has 2 rings (SSSR count). The minimum atomic E-state index is -0.925. The Morgan fingerprint density at radius 3 is 2.70 bits per heavy atom. The standard InChI is InChI=1S/C16H19NO3/c1-10-5-4-6-14(15(10)20-3)11-7-12(16(18)19)9-13(8-11)17-2/h5,7-9,17H,4,6H2,1-3H3,(H,18,19). The second-order valence-corrected chi connectivity index (χ2v) is 4.79. The maximum atomic E-state index is 11.2. The third-order valence-electron chi connectivity index (χ3n) is 3.50. The summed E-state index contributed by atoms with van der Waals surface area (Å²) in [6.07, 6.45) is 3.94. The number of carboxylic acids is 1. The number of aromatic carboxylic acids is 1. The van der Waals surface area contributed by atoms with Crippen LogP contribution in [-0.4, -0.2) is 25.2 Å². The highest BCUT2D eigenvalue weighted by atomic mass is 16.5. The molecule has 2 N–H and O–H groups in total. The Kier molecular flexibility index (Phi) is 4.13. The van der Waals surface area contributed by atoms with Gasteiger partial charge in [-0.3, -0.25) is 0 Å². The fourth-order valence-electron chi connectivity index (χ4n) is 2.51. The zero-order valence-corrected chi connectivity index (χ0v) is 12.0. The third kappa shape index (κ3) is 2.69. The number of nitrogens with one attached hydrogen (secondary N) is 1. The van der Waals surface area contributed by atoms with Gasteiger partial charge >= 0.3 is 5.97 Å². The molecule has 0 atom stereocenters. The van der Waals surface area contributed by atoms with Crippen molar-refractivity contribution in [3.05, 3.63) is 46.7 Å². The summed E-state index contributed by atoms with van der Waals surface area (Å²) in [5.74, 6) is -0.0770. The molecule has 0 saturated carbocycles. The number of anilines is 1. The van der Waals surface area contributed by atoms with Crippen LogP contribution in [0.15, 0.2) is 35.6 Å². The molecule has 106 valence electrons. The van der Waals surface area contributed by atoms with E-state index in [0.717, 1.165) is 41.0 Å². The average Bonchev–Trinajstić information content (AvgIpc) is 2.46. The molecule has 20 heavy (non-hydrogen) atoms. The molecule has 0 fully saturated rings. The summed E-state index contributed by atoms with van der Waals surface area (Å²) in [6.45, 7) is 2.01. The van der Waals surface area contributed by atoms with Crippen LogP contribution in [0.4, 0.5) is 5.69 Å². The first-order valence-corrected chi connectivity index (χ1v) is 6.57. The van der Waals surface area contributed by atoms with Crippen LogP contribution in [0.1, 0.15) is 35.7 Å². The second-order valence-electron chi connectivity index (χ2n) is 4.79. The molecule has 0 aliphatic heterocycles. The summed E-state index contributed by atoms with van der Waals surface area (Å²) in [5.41, 5.74) is 4.13. The van der Waals surface area contributed by atoms with Gasteiger partial charge < -0.3 is 15.2 Å². The lowest BCUT2D eigenvalue weighted by atomic mass is 9.91. The minimum absolute atomic E-state index is 0.280. The Hall–Kier alpha value is -2.23. The molecule has 0 amide bonds. The van der Waals surface area contributed by atoms with E-state index in [1.807, 2.05) is 13.0 Å². The van der Waals surface area contributed by atoms with Crippen molar-refractivity contribution < 1.29 is 14.6 Å². The number of carboxylic acid groups (broad SMARTS) is 1. The summed E-state index contributed by atoms with van der Waals surface area (Å²) >= 11 is 0. The van der Waals surface area contributed by atoms with Crippen LogP contribution < -0.4 is 5.32 Å². The summed E-state index contributed by atoms with van der Waals surface area (Å²) < 4.78 is 5.49. The van der Waals surface area contributed by atoms with Gasteiger partial charge in [0.05, 0.1) is 12.7 Å². The lowest BCUT2D eigenvalue weighted by Crippen LogP contribution is -2.04. The van der Waals surface area contributed by atoms with E-state index in [1.165, 1.54) is 0 Å². The first-order chi connectivity index (χ1) is 9.56. The van der Waals surface area contributed by atoms with Gasteiger partial charge in [-0.15, -0.1) is 0 Å². The van der Waals surface area contributed by atoms with Crippen molar-refractivity contribution in [2.45, 2.75) is 19.8 Å². The molecule has 0 aromatic heterocycles. The van der Waals surface area contributed by atoms with E-state index in [1.54, 1.807) is 26.3 Å². The zero-order chi connectivity index (χ0) is 14.7. The largest absolute Gasteiger partial charge is 0.496 e. The molecule has 0 spiro atoms. The van der Waals surface area contributed by atoms with Crippen molar-refractivity contribution in [3.63, 3.8) is 0 Å². The highest BCUT2D eigenvalue weighted by molar-refractivity contribution is 5.91. The topological polar surface area (TPSA) is 58.6 Å². The van der Waals surface area contributed by atoms with Gasteiger partial charge in [-0.2, -0.15) is 0 Å². The molecule has 1 aromatic carbocycles. The lowest BCUT2D eigenvalue weighted by molar-refractivity contribution is 0.0697. The number of hydrogen-bond acceptors (Lipinski definition) is 3. The molecule has 4 heteroatoms. The van der Waals surface area contributed by atoms with Gasteiger partial charge in [-0.05, 0) is 49.1 Å². The van der Waals surface area contributed by atoms with Crippen molar-refractivity contribution in [2.75, 3.05) is 19.5 Å². The number of ether oxygens (including phenoxy) is 1. The molecule has 0 saturated heterocycles. The van der Waals surface area contributed by atoms with E-state index in [2.05, 4.69) is 11.4 Å². The normalized spacial score (nSPS) is 14.8. The number of benzene rings is 1. The summed E-state index contributed by atoms with van der Waals surface area (Å²) in [5, 5.41) is 12.2. The monoisotopic (exact) mass is 273 g/mol. The highest BCUT2D eigenvalue weighted by Crippen LogP contribution is 2.34. The number of carbonyl (C=O) groups is 1. The van der Waals surface area contributed by atoms with E-state index >= 15 is 0 Å². The second kappa shape index (κ2) is 5.82. The van der Waals surface area contributed by atoms with Crippen LogP contribution in [-0.2, 0) is 4.74 Å². The van der Waals surface area contributed by atoms with Crippen molar-refractivity contribution in [1.82, 2.24) is 0 Å². The summed E-state index contributed by atoms with van der Waals surface area (Å²) in [4.78, 5) is 11.2. The first kappa shape index (κ1) is 14.2. The highest BCUT2D eigenvalue weighted by Gasteiger charge is 2.17. The van der Waals surface area contributed by atoms with E-state index in [4.69, 9.17) is 4.74 Å². The van der Waals surface area contributed by atoms with Gasteiger partial charge in [-0.1, -0.05) is 6.08 Å². The molecule has 1 aliphatic rings. The van der Waals surface area contributed by atoms with Crippen LogP contribution in [0.2, 0.25) is 0 Å². The molecule has 0 unspecified atom stereocenters. The fraction of sp³-hybridized carbons (Fsp3) is 0.312. The SMILES string of the molecule is CNc1cc(C(=O)O)cc(C2=C(OC)C(C)=CCC2)c1. The third-order valence-corrected chi connectivity index (χ3v) is 3.50. The number of hydrogen-bond donors (Lipinski definition) is 2. The first-order valence-electron chi connectivity index (χ1n) is 6.57. The minimum Gasteiger partial charge on any atom is -0.496 e. The Balaban J connectivity index is 2.59. The molecule has 4 nitrogen and oxygen atoms in total. The van der Waals surface area contributed by atoms with Crippen molar-refractivity contribution in [2.24, 2.45) is 0 Å². The maximum absolute atomic E-state index is 11.2. The molecule has 0 radical (unpaired) electrons. The van der Waals surface area contributed by atoms with Crippen molar-refractivity contribution in [1.29, 1.82) is 0 Å². The molecular formula is C16H19NO3. The van der Waals surface area contributed by atoms with Crippen LogP contribution in [0.5, 0.6) is 0 Å². The van der Waals surface area contributed by atoms with Gasteiger partial charge in [-0.25, -0.2) is 4.79 Å². The molecule has 1 aliphatic carbocycles. The predicted octanol–water partition coefficient (Wildman–Crippen LogP) is 3.52. The van der Waals surface area contributed by atoms with Gasteiger partial charge in [0, 0.05) is 18.3 Å². The van der Waals surface area contributed by atoms with Crippen LogP contribution in [0.25, 0.3) is 5.57 Å². The van der Waals surface area contributed by atoms with Crippen LogP contribution in [0, 0.1) is 0 Å². The van der Waals surface area contributed by atoms with Crippen molar-refractivity contribution in [3.8, 4) is 0 Å². The Labute approximate surface area is 118 Å². The van der Waals surface area contributed by atoms with E-state index < -0.39 is 5.97 Å². The fourth-order valence-corrected chi connectivity index (χ4v) is 2.51.